The molecule has 1 unspecified atom stereocenters. The first-order valence-electron chi connectivity index (χ1n) is 7.87. The molecule has 130 valence electrons. The smallest absolute Gasteiger partial charge is 0.249 e. The average molecular weight is 348 g/mol. The van der Waals surface area contributed by atoms with Crippen molar-refractivity contribution in [1.82, 2.24) is 20.2 Å². The molecule has 1 aliphatic carbocycles. The maximum Gasteiger partial charge on any atom is 0.249 e. The molecule has 8 nitrogen and oxygen atoms in total. The Morgan fingerprint density at radius 1 is 1.28 bits per heavy atom. The normalized spacial score (nSPS) is 20.2. The highest BCUT2D eigenvalue weighted by Gasteiger charge is 2.37. The minimum Gasteiger partial charge on any atom is -0.309 e. The monoisotopic (exact) mass is 348 g/mol. The van der Waals surface area contributed by atoms with Gasteiger partial charge in [-0.1, -0.05) is 5.10 Å². The fourth-order valence-corrected chi connectivity index (χ4v) is 2.87. The van der Waals surface area contributed by atoms with Crippen molar-refractivity contribution in [2.45, 2.75) is 25.3 Å². The van der Waals surface area contributed by atoms with Crippen LogP contribution in [0.15, 0.2) is 18.2 Å². The Morgan fingerprint density at radius 2 is 2.08 bits per heavy atom. The van der Waals surface area contributed by atoms with E-state index in [9.17, 15) is 18.4 Å². The van der Waals surface area contributed by atoms with Crippen molar-refractivity contribution in [1.29, 1.82) is 0 Å². The third kappa shape index (κ3) is 2.94. The lowest BCUT2D eigenvalue weighted by Gasteiger charge is -2.17. The number of carbonyl (C=O) groups excluding carboxylic acids is 2. The molecule has 0 bridgehead atoms. The van der Waals surface area contributed by atoms with Gasteiger partial charge in [0.2, 0.25) is 17.8 Å². The van der Waals surface area contributed by atoms with Crippen LogP contribution in [0.5, 0.6) is 0 Å². The van der Waals surface area contributed by atoms with E-state index in [1.165, 1.54) is 6.07 Å². The SMILES string of the molecule is O=C(Nc1nnnn1C1CC1)C1CC(=O)N(c2ccc(F)cc2F)C1. The molecule has 1 aliphatic heterocycles. The zero-order chi connectivity index (χ0) is 17.6. The molecular weight excluding hydrogens is 334 g/mol. The van der Waals surface area contributed by atoms with Gasteiger partial charge in [0.15, 0.2) is 0 Å². The van der Waals surface area contributed by atoms with Crippen LogP contribution in [0, 0.1) is 17.6 Å². The highest BCUT2D eigenvalue weighted by molar-refractivity contribution is 6.03. The summed E-state index contributed by atoms with van der Waals surface area (Å²) in [5, 5.41) is 13.8. The molecule has 1 atom stereocenters. The summed E-state index contributed by atoms with van der Waals surface area (Å²) in [6.45, 7) is 0.0121. The van der Waals surface area contributed by atoms with Gasteiger partial charge in [0.1, 0.15) is 11.6 Å². The number of hydrogen-bond donors (Lipinski definition) is 1. The summed E-state index contributed by atoms with van der Waals surface area (Å²) in [7, 11) is 0. The van der Waals surface area contributed by atoms with Crippen molar-refractivity contribution in [3.05, 3.63) is 29.8 Å². The van der Waals surface area contributed by atoms with Crippen molar-refractivity contribution >= 4 is 23.5 Å². The number of benzene rings is 1. The lowest BCUT2D eigenvalue weighted by molar-refractivity contribution is -0.122. The van der Waals surface area contributed by atoms with Crippen molar-refractivity contribution in [2.75, 3.05) is 16.8 Å². The standard InChI is InChI=1S/C15H14F2N6O2/c16-9-1-4-12(11(17)6-9)22-7-8(5-13(22)24)14(25)18-15-19-20-21-23(15)10-2-3-10/h1,4,6,8,10H,2-3,5,7H2,(H,18,19,21,25). The quantitative estimate of drug-likeness (QED) is 0.898. The number of tetrazole rings is 1. The fourth-order valence-electron chi connectivity index (χ4n) is 2.87. The minimum atomic E-state index is -0.841. The van der Waals surface area contributed by atoms with Gasteiger partial charge in [-0.3, -0.25) is 14.9 Å². The summed E-state index contributed by atoms with van der Waals surface area (Å²) in [5.41, 5.74) is -0.0375. The van der Waals surface area contributed by atoms with E-state index in [1.54, 1.807) is 4.68 Å². The summed E-state index contributed by atoms with van der Waals surface area (Å²) >= 11 is 0. The number of carbonyl (C=O) groups is 2. The lowest BCUT2D eigenvalue weighted by atomic mass is 10.1. The van der Waals surface area contributed by atoms with E-state index in [1.807, 2.05) is 0 Å². The van der Waals surface area contributed by atoms with Gasteiger partial charge in [-0.25, -0.2) is 13.5 Å². The van der Waals surface area contributed by atoms with Gasteiger partial charge in [-0.15, -0.1) is 0 Å². The maximum absolute atomic E-state index is 13.9. The van der Waals surface area contributed by atoms with E-state index in [-0.39, 0.29) is 30.6 Å². The topological polar surface area (TPSA) is 93.0 Å². The number of hydrogen-bond acceptors (Lipinski definition) is 5. The van der Waals surface area contributed by atoms with Crippen LogP contribution < -0.4 is 10.2 Å². The first kappa shape index (κ1) is 15.6. The molecule has 4 rings (SSSR count). The Hall–Kier alpha value is -2.91. The van der Waals surface area contributed by atoms with Gasteiger partial charge in [-0.05, 0) is 35.4 Å². The number of nitrogens with zero attached hydrogens (tertiary/aromatic N) is 5. The Bertz CT molecular complexity index is 850. The molecular formula is C15H14F2N6O2. The van der Waals surface area contributed by atoms with Crippen molar-refractivity contribution in [2.24, 2.45) is 5.92 Å². The van der Waals surface area contributed by atoms with Gasteiger partial charge in [-0.2, -0.15) is 0 Å². The number of halogens is 2. The van der Waals surface area contributed by atoms with Gasteiger partial charge in [0, 0.05) is 19.0 Å². The second kappa shape index (κ2) is 5.87. The summed E-state index contributed by atoms with van der Waals surface area (Å²) in [4.78, 5) is 25.7. The summed E-state index contributed by atoms with van der Waals surface area (Å²) in [6.07, 6.45) is 1.84. The first-order chi connectivity index (χ1) is 12.0. The third-order valence-corrected chi connectivity index (χ3v) is 4.32. The highest BCUT2D eigenvalue weighted by atomic mass is 19.1. The largest absolute Gasteiger partial charge is 0.309 e. The van der Waals surface area contributed by atoms with E-state index in [0.29, 0.717) is 6.07 Å². The Morgan fingerprint density at radius 3 is 2.80 bits per heavy atom. The number of aromatic nitrogens is 4. The van der Waals surface area contributed by atoms with E-state index in [2.05, 4.69) is 20.8 Å². The van der Waals surface area contributed by atoms with Crippen LogP contribution in [0.25, 0.3) is 0 Å². The maximum atomic E-state index is 13.9. The molecule has 2 aliphatic rings. The van der Waals surface area contributed by atoms with Crippen molar-refractivity contribution < 1.29 is 18.4 Å². The van der Waals surface area contributed by atoms with Crippen molar-refractivity contribution in [3.8, 4) is 0 Å². The van der Waals surface area contributed by atoms with E-state index in [4.69, 9.17) is 0 Å². The second-order valence-corrected chi connectivity index (χ2v) is 6.17. The van der Waals surface area contributed by atoms with Crippen LogP contribution in [0.4, 0.5) is 20.4 Å². The number of amides is 2. The highest BCUT2D eigenvalue weighted by Crippen LogP contribution is 2.35. The van der Waals surface area contributed by atoms with Crippen LogP contribution in [-0.2, 0) is 9.59 Å². The summed E-state index contributed by atoms with van der Waals surface area (Å²) in [6, 6.07) is 3.17. The molecule has 1 saturated heterocycles. The van der Waals surface area contributed by atoms with Crippen LogP contribution in [0.2, 0.25) is 0 Å². The molecule has 25 heavy (non-hydrogen) atoms. The van der Waals surface area contributed by atoms with Crippen molar-refractivity contribution in [3.63, 3.8) is 0 Å². The zero-order valence-electron chi connectivity index (χ0n) is 13.0. The van der Waals surface area contributed by atoms with Gasteiger partial charge in [0.25, 0.3) is 0 Å². The molecule has 1 N–H and O–H groups in total. The van der Waals surface area contributed by atoms with Gasteiger partial charge >= 0.3 is 0 Å². The molecule has 2 amide bonds. The summed E-state index contributed by atoms with van der Waals surface area (Å²) in [5.74, 6) is -2.80. The first-order valence-corrected chi connectivity index (χ1v) is 7.87. The number of nitrogens with one attached hydrogen (secondary N) is 1. The zero-order valence-corrected chi connectivity index (χ0v) is 13.0. The molecule has 2 fully saturated rings. The Labute approximate surface area is 140 Å². The van der Waals surface area contributed by atoms with E-state index in [0.717, 1.165) is 23.8 Å². The van der Waals surface area contributed by atoms with Crippen LogP contribution >= 0.6 is 0 Å². The van der Waals surface area contributed by atoms with E-state index < -0.39 is 29.4 Å². The van der Waals surface area contributed by atoms with Crippen LogP contribution in [0.1, 0.15) is 25.3 Å². The Balaban J connectivity index is 1.48. The Kier molecular flexibility index (Phi) is 3.66. The summed E-state index contributed by atoms with van der Waals surface area (Å²) < 4.78 is 28.5. The predicted molar refractivity (Wildman–Crippen MR) is 81.5 cm³/mol. The third-order valence-electron chi connectivity index (χ3n) is 4.32. The predicted octanol–water partition coefficient (Wildman–Crippen LogP) is 1.28. The molecule has 2 heterocycles. The molecule has 0 radical (unpaired) electrons. The van der Waals surface area contributed by atoms with Gasteiger partial charge < -0.3 is 4.90 Å². The lowest BCUT2D eigenvalue weighted by Crippen LogP contribution is -2.29. The van der Waals surface area contributed by atoms with Crippen LogP contribution in [0.3, 0.4) is 0 Å². The number of rotatable bonds is 4. The van der Waals surface area contributed by atoms with Crippen LogP contribution in [-0.4, -0.2) is 38.6 Å². The van der Waals surface area contributed by atoms with E-state index >= 15 is 0 Å². The molecule has 1 aromatic heterocycles. The average Bonchev–Trinajstić information content (AvgIpc) is 3.19. The molecule has 0 spiro atoms. The minimum absolute atomic E-state index is 0.0121. The molecule has 1 saturated carbocycles. The van der Waals surface area contributed by atoms with Gasteiger partial charge in [0.05, 0.1) is 17.6 Å². The fraction of sp³-hybridized carbons (Fsp3) is 0.400. The molecule has 2 aromatic rings. The number of anilines is 2. The molecule has 1 aromatic carbocycles. The molecule has 10 heteroatoms. The second-order valence-electron chi connectivity index (χ2n) is 6.17.